The van der Waals surface area contributed by atoms with Crippen molar-refractivity contribution >= 4 is 15.6 Å². The number of carbonyl (C=O) groups excluding carboxylic acids is 1. The van der Waals surface area contributed by atoms with Crippen LogP contribution in [0.4, 0.5) is 26.3 Å². The van der Waals surface area contributed by atoms with Crippen molar-refractivity contribution in [2.45, 2.75) is 12.4 Å². The van der Waals surface area contributed by atoms with Crippen molar-refractivity contribution < 1.29 is 39.6 Å². The highest BCUT2D eigenvalue weighted by Gasteiger charge is 2.38. The smallest absolute Gasteiger partial charge is 0.385 e. The lowest BCUT2D eigenvalue weighted by Crippen LogP contribution is -2.36. The molecule has 0 amide bonds. The van der Waals surface area contributed by atoms with Crippen LogP contribution in [0.15, 0.2) is 29.5 Å². The zero-order chi connectivity index (χ0) is 20.6. The summed E-state index contributed by atoms with van der Waals surface area (Å²) in [6.07, 6.45) is -10.3. The van der Waals surface area contributed by atoms with Gasteiger partial charge in [-0.25, -0.2) is 8.42 Å². The minimum atomic E-state index is -5.16. The molecule has 1 fully saturated rings. The lowest BCUT2D eigenvalue weighted by molar-refractivity contribution is -0.143. The summed E-state index contributed by atoms with van der Waals surface area (Å²) in [5, 5.41) is 11.6. The lowest BCUT2D eigenvalue weighted by atomic mass is 9.97. The molecule has 0 aliphatic carbocycles. The number of ketones is 1. The van der Waals surface area contributed by atoms with E-state index in [2.05, 4.69) is 5.32 Å². The summed E-state index contributed by atoms with van der Waals surface area (Å²) >= 11 is 0. The topological polar surface area (TPSA) is 87.0 Å². The SMILES string of the molecule is N#C/C(C(=O)c1cc(C(F)(F)F)cc(C(F)(F)F)c1)=C1\CS(=O)(=O)CCN1. The van der Waals surface area contributed by atoms with Crippen LogP contribution in [0.3, 0.4) is 0 Å². The largest absolute Gasteiger partial charge is 0.416 e. The number of alkyl halides is 6. The Bertz CT molecular complexity index is 923. The number of allylic oxidation sites excluding steroid dienone is 1. The Balaban J connectivity index is 2.62. The van der Waals surface area contributed by atoms with E-state index in [0.717, 1.165) is 0 Å². The predicted molar refractivity (Wildman–Crippen MR) is 80.1 cm³/mol. The third kappa shape index (κ3) is 4.79. The number of rotatable bonds is 2. The van der Waals surface area contributed by atoms with Crippen molar-refractivity contribution in [1.82, 2.24) is 5.32 Å². The Morgan fingerprint density at radius 2 is 1.56 bits per heavy atom. The van der Waals surface area contributed by atoms with Crippen LogP contribution in [-0.4, -0.2) is 32.3 Å². The Hall–Kier alpha value is -2.55. The summed E-state index contributed by atoms with van der Waals surface area (Å²) < 4.78 is 101. The molecule has 0 aromatic heterocycles. The molecule has 1 aliphatic heterocycles. The summed E-state index contributed by atoms with van der Waals surface area (Å²) in [6, 6.07) is 1.59. The highest BCUT2D eigenvalue weighted by atomic mass is 32.2. The van der Waals surface area contributed by atoms with Gasteiger partial charge in [0.25, 0.3) is 0 Å². The van der Waals surface area contributed by atoms with Gasteiger partial charge in [0.15, 0.2) is 9.84 Å². The van der Waals surface area contributed by atoms with Gasteiger partial charge in [-0.15, -0.1) is 0 Å². The van der Waals surface area contributed by atoms with Gasteiger partial charge in [-0.05, 0) is 18.2 Å². The van der Waals surface area contributed by atoms with Crippen LogP contribution in [0.2, 0.25) is 0 Å². The molecule has 1 aliphatic rings. The Morgan fingerprint density at radius 3 is 1.96 bits per heavy atom. The second kappa shape index (κ2) is 6.88. The standard InChI is InChI=1S/C15H10F6N2O3S/c16-14(17,18)9-3-8(4-10(5-9)15(19,20)21)13(24)11(6-22)12-7-27(25,26)2-1-23-12/h3-5,23H,1-2,7H2/b12-11-. The number of nitriles is 1. The van der Waals surface area contributed by atoms with Gasteiger partial charge in [-0.2, -0.15) is 31.6 Å². The Morgan fingerprint density at radius 1 is 1.04 bits per heavy atom. The number of hydrogen-bond acceptors (Lipinski definition) is 5. The average molecular weight is 412 g/mol. The van der Waals surface area contributed by atoms with E-state index in [1.54, 1.807) is 0 Å². The summed E-state index contributed by atoms with van der Waals surface area (Å²) in [6.45, 7) is -0.146. The van der Waals surface area contributed by atoms with Crippen LogP contribution in [0.5, 0.6) is 0 Å². The number of hydrogen-bond donors (Lipinski definition) is 1. The van der Waals surface area contributed by atoms with Crippen LogP contribution < -0.4 is 5.32 Å². The van der Waals surface area contributed by atoms with Crippen molar-refractivity contribution in [2.24, 2.45) is 0 Å². The number of sulfone groups is 1. The molecule has 0 unspecified atom stereocenters. The second-order valence-electron chi connectivity index (χ2n) is 5.61. The molecule has 0 radical (unpaired) electrons. The maximum Gasteiger partial charge on any atom is 0.416 e. The fourth-order valence-electron chi connectivity index (χ4n) is 2.35. The molecule has 1 heterocycles. The van der Waals surface area contributed by atoms with Crippen molar-refractivity contribution in [3.63, 3.8) is 0 Å². The highest BCUT2D eigenvalue weighted by Crippen LogP contribution is 2.36. The fraction of sp³-hybridized carbons (Fsp3) is 0.333. The van der Waals surface area contributed by atoms with Crippen LogP contribution >= 0.6 is 0 Å². The predicted octanol–water partition coefficient (Wildman–Crippen LogP) is 2.70. The number of nitrogens with one attached hydrogen (secondary N) is 1. The molecule has 27 heavy (non-hydrogen) atoms. The lowest BCUT2D eigenvalue weighted by Gasteiger charge is -2.19. The van der Waals surface area contributed by atoms with Crippen LogP contribution in [0.25, 0.3) is 0 Å². The van der Waals surface area contributed by atoms with E-state index in [1.165, 1.54) is 6.07 Å². The molecule has 1 aromatic carbocycles. The molecule has 12 heteroatoms. The maximum atomic E-state index is 12.9. The molecule has 5 nitrogen and oxygen atoms in total. The van der Waals surface area contributed by atoms with Crippen molar-refractivity contribution in [1.29, 1.82) is 5.26 Å². The molecule has 146 valence electrons. The van der Waals surface area contributed by atoms with Crippen molar-refractivity contribution in [3.05, 3.63) is 46.2 Å². The zero-order valence-corrected chi connectivity index (χ0v) is 14.0. The number of carbonyl (C=O) groups is 1. The van der Waals surface area contributed by atoms with Gasteiger partial charge in [0.1, 0.15) is 11.6 Å². The normalized spacial score (nSPS) is 19.0. The minimum absolute atomic E-state index is 0.146. The van der Waals surface area contributed by atoms with E-state index >= 15 is 0 Å². The van der Waals surface area contributed by atoms with Gasteiger partial charge < -0.3 is 5.32 Å². The Labute approximate surface area is 149 Å². The van der Waals surface area contributed by atoms with Gasteiger partial charge >= 0.3 is 12.4 Å². The molecule has 1 N–H and O–H groups in total. The molecule has 2 rings (SSSR count). The third-order valence-corrected chi connectivity index (χ3v) is 5.16. The quantitative estimate of drug-likeness (QED) is 0.349. The molecule has 0 saturated carbocycles. The highest BCUT2D eigenvalue weighted by molar-refractivity contribution is 7.91. The number of nitrogens with zero attached hydrogens (tertiary/aromatic N) is 1. The van der Waals surface area contributed by atoms with Crippen LogP contribution in [0, 0.1) is 11.3 Å². The molecule has 1 saturated heterocycles. The number of halogens is 6. The zero-order valence-electron chi connectivity index (χ0n) is 13.2. The third-order valence-electron chi connectivity index (χ3n) is 3.61. The van der Waals surface area contributed by atoms with Crippen LogP contribution in [-0.2, 0) is 22.2 Å². The first-order valence-electron chi connectivity index (χ1n) is 7.16. The van der Waals surface area contributed by atoms with E-state index in [1.807, 2.05) is 0 Å². The summed E-state index contributed by atoms with van der Waals surface area (Å²) in [4.78, 5) is 12.4. The first-order valence-corrected chi connectivity index (χ1v) is 8.98. The summed E-state index contributed by atoms with van der Waals surface area (Å²) in [7, 11) is -3.65. The molecule has 0 spiro atoms. The number of benzene rings is 1. The van der Waals surface area contributed by atoms with Gasteiger partial charge in [0, 0.05) is 17.8 Å². The second-order valence-corrected chi connectivity index (χ2v) is 7.79. The average Bonchev–Trinajstić information content (AvgIpc) is 2.52. The van der Waals surface area contributed by atoms with Gasteiger partial charge in [-0.1, -0.05) is 0 Å². The molecular weight excluding hydrogens is 402 g/mol. The van der Waals surface area contributed by atoms with E-state index in [4.69, 9.17) is 5.26 Å². The molecule has 1 aromatic rings. The summed E-state index contributed by atoms with van der Waals surface area (Å²) in [5.41, 5.74) is -5.67. The molecular formula is C15H10F6N2O3S. The monoisotopic (exact) mass is 412 g/mol. The van der Waals surface area contributed by atoms with Crippen LogP contribution in [0.1, 0.15) is 21.5 Å². The van der Waals surface area contributed by atoms with Crippen molar-refractivity contribution in [3.8, 4) is 6.07 Å². The first-order chi connectivity index (χ1) is 12.2. The minimum Gasteiger partial charge on any atom is -0.385 e. The first kappa shape index (κ1) is 20.8. The van der Waals surface area contributed by atoms with Gasteiger partial charge in [0.2, 0.25) is 5.78 Å². The van der Waals surface area contributed by atoms with E-state index in [9.17, 15) is 39.6 Å². The van der Waals surface area contributed by atoms with E-state index in [-0.39, 0.29) is 36.2 Å². The fourth-order valence-corrected chi connectivity index (χ4v) is 3.59. The van der Waals surface area contributed by atoms with Gasteiger partial charge in [0.05, 0.1) is 22.6 Å². The maximum absolute atomic E-state index is 12.9. The van der Waals surface area contributed by atoms with E-state index < -0.39 is 56.0 Å². The Kier molecular flexibility index (Phi) is 5.29. The molecule has 0 bridgehead atoms. The number of Topliss-reactive ketones (excluding diaryl/α,β-unsaturated/α-hetero) is 1. The molecule has 0 atom stereocenters. The van der Waals surface area contributed by atoms with Crippen molar-refractivity contribution in [2.75, 3.05) is 18.1 Å². The van der Waals surface area contributed by atoms with E-state index in [0.29, 0.717) is 0 Å². The van der Waals surface area contributed by atoms with Gasteiger partial charge in [-0.3, -0.25) is 4.79 Å². The summed E-state index contributed by atoms with van der Waals surface area (Å²) in [5.74, 6) is -2.47.